The van der Waals surface area contributed by atoms with Gasteiger partial charge in [0, 0.05) is 6.20 Å². The van der Waals surface area contributed by atoms with E-state index < -0.39 is 55.9 Å². The van der Waals surface area contributed by atoms with Gasteiger partial charge in [-0.15, -0.1) is 0 Å². The molecule has 0 spiro atoms. The Kier molecular flexibility index (Phi) is 8.96. The van der Waals surface area contributed by atoms with Crippen molar-refractivity contribution in [2.75, 3.05) is 12.3 Å². The van der Waals surface area contributed by atoms with Gasteiger partial charge >= 0.3 is 19.4 Å². The summed E-state index contributed by atoms with van der Waals surface area (Å²) >= 11 is 0. The number of anilines is 1. The van der Waals surface area contributed by atoms with E-state index in [-0.39, 0.29) is 17.7 Å². The number of nitrogen functional groups attached to an aromatic ring is 1. The highest BCUT2D eigenvalue weighted by Gasteiger charge is 2.65. The summed E-state index contributed by atoms with van der Waals surface area (Å²) in [4.78, 5) is 28.4. The summed E-state index contributed by atoms with van der Waals surface area (Å²) in [7, 11) is -4.58. The molecule has 0 bridgehead atoms. The van der Waals surface area contributed by atoms with Crippen LogP contribution >= 0.6 is 7.75 Å². The number of nitrogens with one attached hydrogen (secondary N) is 1. The Morgan fingerprint density at radius 2 is 1.95 bits per heavy atom. The van der Waals surface area contributed by atoms with Crippen molar-refractivity contribution in [3.8, 4) is 5.75 Å². The van der Waals surface area contributed by atoms with Crippen LogP contribution in [0.5, 0.6) is 5.75 Å². The highest BCUT2D eigenvalue weighted by Crippen LogP contribution is 2.51. The topological polar surface area (TPSA) is 164 Å². The van der Waals surface area contributed by atoms with Crippen LogP contribution in [-0.4, -0.2) is 57.0 Å². The minimum atomic E-state index is -4.58. The second kappa shape index (κ2) is 11.9. The van der Waals surface area contributed by atoms with Crippen LogP contribution in [0.15, 0.2) is 47.4 Å². The van der Waals surface area contributed by atoms with E-state index in [9.17, 15) is 19.3 Å². The SMILES string of the molecule is C[C@H](NP(=O)(OC[C@@]1(F)O[C@@H](n2ccc(N)nc2=O)[C@](C)(F)[C@@H]1O)Oc1ccccc1)C(=O)OC1CCCCC1. The van der Waals surface area contributed by atoms with E-state index in [1.54, 1.807) is 18.2 Å². The van der Waals surface area contributed by atoms with Crippen LogP contribution in [-0.2, 0) is 23.4 Å². The lowest BCUT2D eigenvalue weighted by molar-refractivity contribution is -0.204. The minimum absolute atomic E-state index is 0.0553. The zero-order valence-corrected chi connectivity index (χ0v) is 23.0. The van der Waals surface area contributed by atoms with Gasteiger partial charge < -0.3 is 24.8 Å². The molecule has 1 aromatic heterocycles. The Morgan fingerprint density at radius 3 is 2.60 bits per heavy atom. The predicted octanol–water partition coefficient (Wildman–Crippen LogP) is 3.17. The van der Waals surface area contributed by atoms with E-state index in [1.807, 2.05) is 0 Å². The molecule has 2 aromatic rings. The van der Waals surface area contributed by atoms with Gasteiger partial charge in [0.2, 0.25) is 0 Å². The summed E-state index contributed by atoms with van der Waals surface area (Å²) < 4.78 is 67.3. The zero-order valence-electron chi connectivity index (χ0n) is 22.1. The fraction of sp³-hybridized carbons (Fsp3) is 0.560. The van der Waals surface area contributed by atoms with E-state index in [1.165, 1.54) is 25.1 Å². The first kappa shape index (κ1) is 30.1. The third kappa shape index (κ3) is 6.69. The first-order chi connectivity index (χ1) is 18.8. The number of aromatic nitrogens is 2. The molecule has 2 fully saturated rings. The van der Waals surface area contributed by atoms with Crippen LogP contribution in [0.25, 0.3) is 0 Å². The van der Waals surface area contributed by atoms with Crippen molar-refractivity contribution in [1.82, 2.24) is 14.6 Å². The highest BCUT2D eigenvalue weighted by atomic mass is 31.2. The number of esters is 1. The number of nitrogens with zero attached hydrogens (tertiary/aromatic N) is 2. The first-order valence-electron chi connectivity index (χ1n) is 12.9. The van der Waals surface area contributed by atoms with Gasteiger partial charge in [0.05, 0.1) is 0 Å². The molecule has 1 unspecified atom stereocenters. The molecule has 1 aromatic carbocycles. The number of carbonyl (C=O) groups excluding carboxylic acids is 1. The molecular formula is C25H33F2N4O8P. The van der Waals surface area contributed by atoms with E-state index in [0.29, 0.717) is 17.4 Å². The summed E-state index contributed by atoms with van der Waals surface area (Å²) in [6, 6.07) is 7.69. The summed E-state index contributed by atoms with van der Waals surface area (Å²) in [6.45, 7) is 0.897. The van der Waals surface area contributed by atoms with Crippen molar-refractivity contribution in [3.05, 3.63) is 53.1 Å². The van der Waals surface area contributed by atoms with E-state index in [4.69, 9.17) is 24.3 Å². The Bertz CT molecular complexity index is 1290. The van der Waals surface area contributed by atoms with Gasteiger partial charge in [0.15, 0.2) is 18.0 Å². The molecule has 2 aliphatic rings. The Hall–Kier alpha value is -2.90. The maximum atomic E-state index is 15.9. The fourth-order valence-corrected chi connectivity index (χ4v) is 6.10. The molecule has 4 rings (SSSR count). The van der Waals surface area contributed by atoms with Crippen molar-refractivity contribution < 1.29 is 41.8 Å². The Balaban J connectivity index is 1.52. The number of hydrogen-bond donors (Lipinski definition) is 3. The predicted molar refractivity (Wildman–Crippen MR) is 139 cm³/mol. The number of rotatable bonds is 10. The molecule has 4 N–H and O–H groups in total. The lowest BCUT2D eigenvalue weighted by Gasteiger charge is -2.28. The average Bonchev–Trinajstić information content (AvgIpc) is 3.09. The van der Waals surface area contributed by atoms with Gasteiger partial charge in [-0.05, 0) is 57.7 Å². The smallest absolute Gasteiger partial charge is 0.459 e. The quantitative estimate of drug-likeness (QED) is 0.277. The molecule has 12 nitrogen and oxygen atoms in total. The van der Waals surface area contributed by atoms with Gasteiger partial charge in [-0.2, -0.15) is 10.1 Å². The number of hydrogen-bond acceptors (Lipinski definition) is 10. The molecule has 2 heterocycles. The van der Waals surface area contributed by atoms with Gasteiger partial charge in [-0.1, -0.05) is 24.6 Å². The molecule has 40 heavy (non-hydrogen) atoms. The summed E-state index contributed by atoms with van der Waals surface area (Å²) in [5.41, 5.74) is 1.56. The van der Waals surface area contributed by atoms with Gasteiger partial charge in [-0.3, -0.25) is 13.9 Å². The van der Waals surface area contributed by atoms with Crippen molar-refractivity contribution >= 4 is 19.5 Å². The molecule has 1 aliphatic carbocycles. The van der Waals surface area contributed by atoms with Crippen LogP contribution in [0.4, 0.5) is 14.6 Å². The van der Waals surface area contributed by atoms with Crippen LogP contribution in [0, 0.1) is 0 Å². The number of alkyl halides is 2. The molecule has 1 saturated heterocycles. The molecule has 220 valence electrons. The van der Waals surface area contributed by atoms with Crippen LogP contribution in [0.2, 0.25) is 0 Å². The third-order valence-electron chi connectivity index (χ3n) is 6.78. The van der Waals surface area contributed by atoms with Crippen LogP contribution in [0.1, 0.15) is 52.2 Å². The summed E-state index contributed by atoms with van der Waals surface area (Å²) in [5.74, 6) is -4.11. The number of benzene rings is 1. The molecule has 6 atom stereocenters. The van der Waals surface area contributed by atoms with Crippen LogP contribution < -0.4 is 21.0 Å². The van der Waals surface area contributed by atoms with Gasteiger partial charge in [0.25, 0.3) is 5.85 Å². The third-order valence-corrected chi connectivity index (χ3v) is 8.40. The molecule has 1 saturated carbocycles. The standard InChI is InChI=1S/C25H33F2N4O8P/c1-16(20(32)37-17-9-5-3-6-10-17)30-40(35,39-18-11-7-4-8-12-18)36-15-25(27)21(33)24(2,26)22(38-25)31-14-13-19(28)29-23(31)34/h4,7-8,11-14,16-17,21-22,33H,3,5-6,9-10,15H2,1-2H3,(H,30,35)(H2,28,29,34)/t16-,21-,22+,24+,25+,40?/m0/s1. The first-order valence-corrected chi connectivity index (χ1v) is 14.4. The molecule has 1 aliphatic heterocycles. The summed E-state index contributed by atoms with van der Waals surface area (Å²) in [5, 5.41) is 13.0. The van der Waals surface area contributed by atoms with E-state index in [0.717, 1.165) is 32.4 Å². The lowest BCUT2D eigenvalue weighted by Crippen LogP contribution is -2.47. The van der Waals surface area contributed by atoms with Crippen molar-refractivity contribution in [1.29, 1.82) is 0 Å². The van der Waals surface area contributed by atoms with Crippen molar-refractivity contribution in [2.45, 2.75) is 82.0 Å². The molecular weight excluding hydrogens is 553 g/mol. The van der Waals surface area contributed by atoms with Crippen molar-refractivity contribution in [2.24, 2.45) is 0 Å². The zero-order chi connectivity index (χ0) is 29.1. The van der Waals surface area contributed by atoms with Crippen molar-refractivity contribution in [3.63, 3.8) is 0 Å². The molecule has 0 amide bonds. The number of aliphatic hydroxyl groups is 1. The number of ether oxygens (including phenoxy) is 2. The van der Waals surface area contributed by atoms with E-state index in [2.05, 4.69) is 10.1 Å². The molecule has 0 radical (unpaired) electrons. The highest BCUT2D eigenvalue weighted by molar-refractivity contribution is 7.52. The van der Waals surface area contributed by atoms with Gasteiger partial charge in [0.1, 0.15) is 30.3 Å². The van der Waals surface area contributed by atoms with E-state index >= 15 is 8.78 Å². The minimum Gasteiger partial charge on any atom is -0.461 e. The number of nitrogens with two attached hydrogens (primary N) is 1. The van der Waals surface area contributed by atoms with Crippen LogP contribution in [0.3, 0.4) is 0 Å². The maximum absolute atomic E-state index is 15.9. The number of aliphatic hydroxyl groups excluding tert-OH is 1. The monoisotopic (exact) mass is 586 g/mol. The fourth-order valence-electron chi connectivity index (χ4n) is 4.59. The van der Waals surface area contributed by atoms with Gasteiger partial charge in [-0.25, -0.2) is 18.1 Å². The maximum Gasteiger partial charge on any atom is 0.459 e. The number of halogens is 2. The average molecular weight is 587 g/mol. The largest absolute Gasteiger partial charge is 0.461 e. The number of carbonyl (C=O) groups is 1. The lowest BCUT2D eigenvalue weighted by atomic mass is 9.97. The second-order valence-corrected chi connectivity index (χ2v) is 11.8. The Morgan fingerprint density at radius 1 is 1.27 bits per heavy atom. The summed E-state index contributed by atoms with van der Waals surface area (Å²) in [6.07, 6.45) is 0.622. The molecule has 15 heteroatoms. The second-order valence-electron chi connectivity index (χ2n) is 10.1. The Labute approximate surface area is 229 Å². The normalized spacial score (nSPS) is 29.4. The number of para-hydroxylation sites is 1.